The van der Waals surface area contributed by atoms with Gasteiger partial charge in [-0.2, -0.15) is 0 Å². The Kier molecular flexibility index (Phi) is 5.10. The molecule has 0 spiro atoms. The van der Waals surface area contributed by atoms with E-state index in [1.54, 1.807) is 7.11 Å². The molecule has 0 saturated heterocycles. The number of aryl methyl sites for hydroxylation is 2. The summed E-state index contributed by atoms with van der Waals surface area (Å²) in [6.07, 6.45) is 0.781. The summed E-state index contributed by atoms with van der Waals surface area (Å²) in [6.45, 7) is 0. The highest BCUT2D eigenvalue weighted by molar-refractivity contribution is 5.78. The molecule has 1 aromatic heterocycles. The average molecular weight is 409 g/mol. The van der Waals surface area contributed by atoms with E-state index in [0.29, 0.717) is 5.82 Å². The highest BCUT2D eigenvalue weighted by atomic mass is 16.5. The van der Waals surface area contributed by atoms with E-state index >= 15 is 0 Å². The first-order chi connectivity index (χ1) is 15.2. The van der Waals surface area contributed by atoms with E-state index in [2.05, 4.69) is 17.4 Å². The number of benzene rings is 3. The fraction of sp³-hybridized carbons (Fsp3) is 0.154. The molecule has 1 aliphatic carbocycles. The molecule has 154 valence electrons. The van der Waals surface area contributed by atoms with E-state index in [-0.39, 0.29) is 0 Å². The van der Waals surface area contributed by atoms with Crippen LogP contribution in [0, 0.1) is 0 Å². The van der Waals surface area contributed by atoms with Gasteiger partial charge in [0.1, 0.15) is 11.4 Å². The molecule has 4 aromatic rings. The minimum atomic E-state index is -0.879. The summed E-state index contributed by atoms with van der Waals surface area (Å²) in [5, 5.41) is 14.0. The van der Waals surface area contributed by atoms with Crippen molar-refractivity contribution in [3.63, 3.8) is 0 Å². The number of aliphatic hydroxyl groups excluding tert-OH is 1. The summed E-state index contributed by atoms with van der Waals surface area (Å²) >= 11 is 0. The van der Waals surface area contributed by atoms with Gasteiger partial charge in [0, 0.05) is 16.7 Å². The van der Waals surface area contributed by atoms with Gasteiger partial charge < -0.3 is 15.2 Å². The number of hydrogen-bond acceptors (Lipinski definition) is 5. The van der Waals surface area contributed by atoms with Crippen molar-refractivity contribution in [1.29, 1.82) is 0 Å². The van der Waals surface area contributed by atoms with Gasteiger partial charge in [-0.25, -0.2) is 9.97 Å². The van der Waals surface area contributed by atoms with Gasteiger partial charge in [0.25, 0.3) is 0 Å². The fourth-order valence-electron chi connectivity index (χ4n) is 3.99. The third-order valence-corrected chi connectivity index (χ3v) is 5.60. The Labute approximate surface area is 181 Å². The first-order valence-electron chi connectivity index (χ1n) is 10.4. The quantitative estimate of drug-likeness (QED) is 0.453. The average Bonchev–Trinajstić information content (AvgIpc) is 2.84. The van der Waals surface area contributed by atoms with Gasteiger partial charge in [-0.1, -0.05) is 60.7 Å². The third-order valence-electron chi connectivity index (χ3n) is 5.60. The molecular formula is C26H23N3O2. The maximum absolute atomic E-state index is 10.8. The van der Waals surface area contributed by atoms with Crippen LogP contribution in [0.5, 0.6) is 5.75 Å². The number of nitrogens with one attached hydrogen (secondary N) is 1. The number of methoxy groups -OCH3 is 1. The lowest BCUT2D eigenvalue weighted by atomic mass is 9.91. The lowest BCUT2D eigenvalue weighted by Gasteiger charge is -2.23. The lowest BCUT2D eigenvalue weighted by Crippen LogP contribution is -2.16. The SMILES string of the molecule is COc1ccc2c(c1)CCc1nc(NC(O)c3ccccc3)c(-c3ccccc3)nc1-2. The molecule has 5 nitrogen and oxygen atoms in total. The van der Waals surface area contributed by atoms with Crippen LogP contribution in [-0.4, -0.2) is 22.2 Å². The van der Waals surface area contributed by atoms with Gasteiger partial charge in [0.05, 0.1) is 18.5 Å². The van der Waals surface area contributed by atoms with Crippen LogP contribution < -0.4 is 10.1 Å². The molecule has 5 rings (SSSR count). The van der Waals surface area contributed by atoms with E-state index in [0.717, 1.165) is 52.4 Å². The summed E-state index contributed by atoms with van der Waals surface area (Å²) in [6, 6.07) is 25.5. The number of anilines is 1. The number of ether oxygens (including phenoxy) is 1. The van der Waals surface area contributed by atoms with E-state index < -0.39 is 6.23 Å². The summed E-state index contributed by atoms with van der Waals surface area (Å²) in [5.41, 5.74) is 6.56. The predicted molar refractivity (Wildman–Crippen MR) is 122 cm³/mol. The molecule has 0 fully saturated rings. The minimum Gasteiger partial charge on any atom is -0.497 e. The molecule has 1 aliphatic rings. The standard InChI is InChI=1S/C26H23N3O2/c1-31-20-13-14-21-19(16-20)12-15-22-24(21)28-23(17-8-4-2-5-9-17)25(27-22)29-26(30)18-10-6-3-7-11-18/h2-11,13-14,16,26,30H,12,15H2,1H3,(H,27,29). The van der Waals surface area contributed by atoms with Gasteiger partial charge in [-0.15, -0.1) is 0 Å². The van der Waals surface area contributed by atoms with E-state index in [9.17, 15) is 5.11 Å². The molecule has 5 heteroatoms. The van der Waals surface area contributed by atoms with Crippen molar-refractivity contribution in [2.24, 2.45) is 0 Å². The maximum atomic E-state index is 10.8. The smallest absolute Gasteiger partial charge is 0.155 e. The molecule has 0 bridgehead atoms. The third kappa shape index (κ3) is 3.76. The summed E-state index contributed by atoms with van der Waals surface area (Å²) < 4.78 is 5.39. The van der Waals surface area contributed by atoms with Crippen LogP contribution in [0.1, 0.15) is 23.0 Å². The van der Waals surface area contributed by atoms with Crippen LogP contribution >= 0.6 is 0 Å². The molecular weight excluding hydrogens is 386 g/mol. The van der Waals surface area contributed by atoms with Gasteiger partial charge in [-0.3, -0.25) is 0 Å². The predicted octanol–water partition coefficient (Wildman–Crippen LogP) is 5.02. The molecule has 0 aliphatic heterocycles. The Balaban J connectivity index is 1.62. The molecule has 3 aromatic carbocycles. The maximum Gasteiger partial charge on any atom is 0.155 e. The van der Waals surface area contributed by atoms with Crippen molar-refractivity contribution in [1.82, 2.24) is 9.97 Å². The number of aliphatic hydroxyl groups is 1. The van der Waals surface area contributed by atoms with Gasteiger partial charge in [0.2, 0.25) is 0 Å². The van der Waals surface area contributed by atoms with Crippen LogP contribution in [0.4, 0.5) is 5.82 Å². The largest absolute Gasteiger partial charge is 0.497 e. The molecule has 0 radical (unpaired) electrons. The molecule has 31 heavy (non-hydrogen) atoms. The first kappa shape index (κ1) is 19.3. The Morgan fingerprint density at radius 1 is 0.871 bits per heavy atom. The van der Waals surface area contributed by atoms with Crippen LogP contribution in [0.2, 0.25) is 0 Å². The van der Waals surface area contributed by atoms with Crippen molar-refractivity contribution in [2.45, 2.75) is 19.1 Å². The monoisotopic (exact) mass is 409 g/mol. The zero-order valence-corrected chi connectivity index (χ0v) is 17.2. The van der Waals surface area contributed by atoms with Gasteiger partial charge >= 0.3 is 0 Å². The number of hydrogen-bond donors (Lipinski definition) is 2. The molecule has 1 heterocycles. The van der Waals surface area contributed by atoms with Gasteiger partial charge in [0.15, 0.2) is 12.0 Å². The second-order valence-corrected chi connectivity index (χ2v) is 7.56. The van der Waals surface area contributed by atoms with E-state index in [1.807, 2.05) is 66.7 Å². The summed E-state index contributed by atoms with van der Waals surface area (Å²) in [4.78, 5) is 9.98. The minimum absolute atomic E-state index is 0.582. The number of aromatic nitrogens is 2. The molecule has 0 amide bonds. The fourth-order valence-corrected chi connectivity index (χ4v) is 3.99. The number of fused-ring (bicyclic) bond motifs is 3. The highest BCUT2D eigenvalue weighted by Gasteiger charge is 2.23. The summed E-state index contributed by atoms with van der Waals surface area (Å²) in [7, 11) is 1.68. The van der Waals surface area contributed by atoms with E-state index in [4.69, 9.17) is 14.7 Å². The Morgan fingerprint density at radius 2 is 1.61 bits per heavy atom. The van der Waals surface area contributed by atoms with Crippen LogP contribution in [0.15, 0.2) is 78.9 Å². The first-order valence-corrected chi connectivity index (χ1v) is 10.4. The van der Waals surface area contributed by atoms with Crippen molar-refractivity contribution < 1.29 is 9.84 Å². The van der Waals surface area contributed by atoms with Crippen LogP contribution in [0.3, 0.4) is 0 Å². The van der Waals surface area contributed by atoms with Crippen LogP contribution in [-0.2, 0) is 12.8 Å². The van der Waals surface area contributed by atoms with E-state index in [1.165, 1.54) is 5.56 Å². The Morgan fingerprint density at radius 3 is 2.35 bits per heavy atom. The zero-order chi connectivity index (χ0) is 21.2. The van der Waals surface area contributed by atoms with Crippen molar-refractivity contribution in [3.05, 3.63) is 95.7 Å². The zero-order valence-electron chi connectivity index (χ0n) is 17.2. The normalized spacial score (nSPS) is 13.1. The van der Waals surface area contributed by atoms with Crippen molar-refractivity contribution >= 4 is 5.82 Å². The molecule has 0 saturated carbocycles. The molecule has 1 atom stereocenters. The van der Waals surface area contributed by atoms with Crippen molar-refractivity contribution in [3.8, 4) is 28.3 Å². The highest BCUT2D eigenvalue weighted by Crippen LogP contribution is 2.37. The Hall–Kier alpha value is -3.70. The number of nitrogens with zero attached hydrogens (tertiary/aromatic N) is 2. The van der Waals surface area contributed by atoms with Gasteiger partial charge in [-0.05, 0) is 36.6 Å². The second-order valence-electron chi connectivity index (χ2n) is 7.56. The van der Waals surface area contributed by atoms with Crippen LogP contribution in [0.25, 0.3) is 22.5 Å². The second kappa shape index (κ2) is 8.20. The Bertz CT molecular complexity index is 1210. The number of rotatable bonds is 5. The summed E-state index contributed by atoms with van der Waals surface area (Å²) in [5.74, 6) is 1.43. The topological polar surface area (TPSA) is 67.3 Å². The van der Waals surface area contributed by atoms with Crippen molar-refractivity contribution in [2.75, 3.05) is 12.4 Å². The molecule has 1 unspecified atom stereocenters. The lowest BCUT2D eigenvalue weighted by molar-refractivity contribution is 0.207. The molecule has 2 N–H and O–H groups in total.